The number of ether oxygens (including phenoxy) is 1. The third-order valence-corrected chi connectivity index (χ3v) is 3.40. The first-order valence-corrected chi connectivity index (χ1v) is 6.98. The number of aryl methyl sites for hydroxylation is 1. The maximum absolute atomic E-state index is 12.2. The molecule has 0 aliphatic rings. The average molecular weight is 313 g/mol. The summed E-state index contributed by atoms with van der Waals surface area (Å²) in [6.45, 7) is 1.79. The van der Waals surface area contributed by atoms with E-state index in [1.165, 1.54) is 7.11 Å². The van der Waals surface area contributed by atoms with Gasteiger partial charge in [-0.15, -0.1) is 0 Å². The summed E-state index contributed by atoms with van der Waals surface area (Å²) in [5.41, 5.74) is 1.20. The molecule has 1 amide bonds. The van der Waals surface area contributed by atoms with Crippen LogP contribution in [0.2, 0.25) is 0 Å². The van der Waals surface area contributed by atoms with Crippen LogP contribution in [-0.2, 0) is 16.1 Å². The molecule has 0 unspecified atom stereocenters. The number of anilines is 1. The summed E-state index contributed by atoms with van der Waals surface area (Å²) < 4.78 is 11.4. The number of aromatic nitrogens is 2. The molecular formula is C16H15N3O4. The monoisotopic (exact) mass is 313 g/mol. The van der Waals surface area contributed by atoms with Gasteiger partial charge in [-0.2, -0.15) is 0 Å². The van der Waals surface area contributed by atoms with Crippen LogP contribution in [0.3, 0.4) is 0 Å². The number of para-hydroxylation sites is 1. The molecular weight excluding hydrogens is 298 g/mol. The van der Waals surface area contributed by atoms with Gasteiger partial charge in [0.1, 0.15) is 12.3 Å². The van der Waals surface area contributed by atoms with E-state index >= 15 is 0 Å². The summed E-state index contributed by atoms with van der Waals surface area (Å²) in [5, 5.41) is 7.10. The van der Waals surface area contributed by atoms with Crippen LogP contribution in [-0.4, -0.2) is 28.7 Å². The van der Waals surface area contributed by atoms with E-state index < -0.39 is 5.97 Å². The summed E-state index contributed by atoms with van der Waals surface area (Å²) >= 11 is 0. The van der Waals surface area contributed by atoms with Crippen molar-refractivity contribution in [2.75, 3.05) is 12.4 Å². The molecule has 0 fully saturated rings. The molecule has 1 aromatic carbocycles. The molecule has 2 heterocycles. The van der Waals surface area contributed by atoms with Gasteiger partial charge in [-0.1, -0.05) is 23.4 Å². The van der Waals surface area contributed by atoms with Crippen molar-refractivity contribution >= 4 is 28.6 Å². The van der Waals surface area contributed by atoms with Crippen molar-refractivity contribution in [2.24, 2.45) is 0 Å². The van der Waals surface area contributed by atoms with Crippen molar-refractivity contribution in [3.63, 3.8) is 0 Å². The lowest BCUT2D eigenvalue weighted by Crippen LogP contribution is -2.18. The first-order chi connectivity index (χ1) is 11.1. The summed E-state index contributed by atoms with van der Waals surface area (Å²) in [5.74, 6) is 0.264. The zero-order valence-corrected chi connectivity index (χ0v) is 12.7. The number of nitrogens with zero attached hydrogens (tertiary/aromatic N) is 2. The van der Waals surface area contributed by atoms with Crippen molar-refractivity contribution in [3.05, 3.63) is 47.9 Å². The summed E-state index contributed by atoms with van der Waals surface area (Å²) in [6.07, 6.45) is 1.62. The predicted molar refractivity (Wildman–Crippen MR) is 83.1 cm³/mol. The van der Waals surface area contributed by atoms with Crippen LogP contribution in [0.15, 0.2) is 41.1 Å². The second kappa shape index (κ2) is 5.96. The summed E-state index contributed by atoms with van der Waals surface area (Å²) in [6, 6.07) is 8.97. The second-order valence-electron chi connectivity index (χ2n) is 5.05. The normalized spacial score (nSPS) is 10.7. The molecule has 0 saturated carbocycles. The topological polar surface area (TPSA) is 86.4 Å². The van der Waals surface area contributed by atoms with Crippen molar-refractivity contribution in [1.29, 1.82) is 0 Å². The molecule has 3 aromatic rings. The zero-order valence-electron chi connectivity index (χ0n) is 12.7. The van der Waals surface area contributed by atoms with Gasteiger partial charge in [0, 0.05) is 23.2 Å². The van der Waals surface area contributed by atoms with E-state index in [1.807, 2.05) is 24.3 Å². The smallest absolute Gasteiger partial charge is 0.340 e. The molecule has 0 saturated heterocycles. The Kier molecular flexibility index (Phi) is 3.84. The molecule has 0 bridgehead atoms. The lowest BCUT2D eigenvalue weighted by molar-refractivity contribution is -0.116. The molecule has 1 N–H and O–H groups in total. The maximum atomic E-state index is 12.2. The van der Waals surface area contributed by atoms with Crippen LogP contribution in [0.1, 0.15) is 16.1 Å². The second-order valence-corrected chi connectivity index (χ2v) is 5.05. The fourth-order valence-corrected chi connectivity index (χ4v) is 2.41. The van der Waals surface area contributed by atoms with Crippen LogP contribution in [0.25, 0.3) is 10.9 Å². The first kappa shape index (κ1) is 14.8. The minimum Gasteiger partial charge on any atom is -0.465 e. The Morgan fingerprint density at radius 2 is 2.13 bits per heavy atom. The van der Waals surface area contributed by atoms with Crippen LogP contribution < -0.4 is 5.32 Å². The number of fused-ring (bicyclic) bond motifs is 1. The van der Waals surface area contributed by atoms with Gasteiger partial charge in [-0.3, -0.25) is 4.79 Å². The number of hydrogen-bond donors (Lipinski definition) is 1. The van der Waals surface area contributed by atoms with E-state index in [-0.39, 0.29) is 12.5 Å². The molecule has 7 heteroatoms. The van der Waals surface area contributed by atoms with Gasteiger partial charge >= 0.3 is 5.97 Å². The van der Waals surface area contributed by atoms with Gasteiger partial charge in [0.2, 0.25) is 5.91 Å². The quantitative estimate of drug-likeness (QED) is 0.747. The van der Waals surface area contributed by atoms with Crippen molar-refractivity contribution in [1.82, 2.24) is 9.72 Å². The van der Waals surface area contributed by atoms with E-state index in [0.717, 1.165) is 10.9 Å². The number of nitrogens with one attached hydrogen (secondary N) is 1. The Morgan fingerprint density at radius 3 is 2.83 bits per heavy atom. The van der Waals surface area contributed by atoms with E-state index in [2.05, 4.69) is 10.5 Å². The molecule has 0 spiro atoms. The number of carbonyl (C=O) groups is 2. The molecule has 0 aliphatic carbocycles. The van der Waals surface area contributed by atoms with E-state index in [0.29, 0.717) is 17.1 Å². The summed E-state index contributed by atoms with van der Waals surface area (Å²) in [7, 11) is 1.33. The highest BCUT2D eigenvalue weighted by Gasteiger charge is 2.17. The van der Waals surface area contributed by atoms with Gasteiger partial charge in [-0.25, -0.2) is 4.79 Å². The highest BCUT2D eigenvalue weighted by molar-refractivity contribution is 6.04. The maximum Gasteiger partial charge on any atom is 0.340 e. The highest BCUT2D eigenvalue weighted by atomic mass is 16.5. The van der Waals surface area contributed by atoms with Crippen LogP contribution in [0.5, 0.6) is 0 Å². The Morgan fingerprint density at radius 1 is 1.35 bits per heavy atom. The molecule has 0 radical (unpaired) electrons. The third-order valence-electron chi connectivity index (χ3n) is 3.40. The van der Waals surface area contributed by atoms with Crippen molar-refractivity contribution in [2.45, 2.75) is 13.5 Å². The van der Waals surface area contributed by atoms with Crippen LogP contribution in [0.4, 0.5) is 5.82 Å². The van der Waals surface area contributed by atoms with E-state index in [9.17, 15) is 9.59 Å². The average Bonchev–Trinajstić information content (AvgIpc) is 3.11. The van der Waals surface area contributed by atoms with Gasteiger partial charge in [0.25, 0.3) is 0 Å². The number of amides is 1. The Balaban J connectivity index is 1.87. The van der Waals surface area contributed by atoms with Crippen molar-refractivity contribution < 1.29 is 18.8 Å². The number of hydrogen-bond acceptors (Lipinski definition) is 5. The number of carbonyl (C=O) groups excluding carboxylic acids is 2. The predicted octanol–water partition coefficient (Wildman–Crippen LogP) is 2.36. The Labute approximate surface area is 131 Å². The minimum absolute atomic E-state index is 0.0451. The zero-order chi connectivity index (χ0) is 16.4. The number of benzene rings is 1. The van der Waals surface area contributed by atoms with Crippen molar-refractivity contribution in [3.8, 4) is 0 Å². The fraction of sp³-hybridized carbons (Fsp3) is 0.188. The summed E-state index contributed by atoms with van der Waals surface area (Å²) in [4.78, 5) is 24.0. The Bertz CT molecular complexity index is 878. The lowest BCUT2D eigenvalue weighted by Gasteiger charge is -2.04. The lowest BCUT2D eigenvalue weighted by atomic mass is 10.2. The molecule has 2 aromatic heterocycles. The van der Waals surface area contributed by atoms with Crippen LogP contribution in [0, 0.1) is 6.92 Å². The van der Waals surface area contributed by atoms with Gasteiger partial charge < -0.3 is 19.1 Å². The minimum atomic E-state index is -0.438. The fourth-order valence-electron chi connectivity index (χ4n) is 2.41. The van der Waals surface area contributed by atoms with Gasteiger partial charge in [0.05, 0.1) is 12.7 Å². The van der Waals surface area contributed by atoms with Crippen LogP contribution >= 0.6 is 0 Å². The molecule has 3 rings (SSSR count). The molecule has 0 atom stereocenters. The number of methoxy groups -OCH3 is 1. The number of rotatable bonds is 4. The Hall–Kier alpha value is -3.09. The van der Waals surface area contributed by atoms with E-state index in [1.54, 1.807) is 23.8 Å². The molecule has 7 nitrogen and oxygen atoms in total. The molecule has 118 valence electrons. The highest BCUT2D eigenvalue weighted by Crippen LogP contribution is 2.22. The van der Waals surface area contributed by atoms with Gasteiger partial charge in [0.15, 0.2) is 5.82 Å². The SMILES string of the molecule is COC(=O)c1cn(CC(=O)Nc2cc(C)on2)c2ccccc12. The van der Waals surface area contributed by atoms with Gasteiger partial charge in [-0.05, 0) is 13.0 Å². The standard InChI is InChI=1S/C16H15N3O4/c1-10-7-14(18-23-10)17-15(20)9-19-8-12(16(21)22-2)11-5-3-4-6-13(11)19/h3-8H,9H2,1-2H3,(H,17,18,20). The molecule has 0 aliphatic heterocycles. The first-order valence-electron chi connectivity index (χ1n) is 6.98. The van der Waals surface area contributed by atoms with E-state index in [4.69, 9.17) is 9.26 Å². The number of esters is 1. The molecule has 23 heavy (non-hydrogen) atoms. The largest absolute Gasteiger partial charge is 0.465 e. The third kappa shape index (κ3) is 2.94.